The molecule has 0 amide bonds. The van der Waals surface area contributed by atoms with Gasteiger partial charge in [-0.25, -0.2) is 0 Å². The molecule has 0 saturated carbocycles. The van der Waals surface area contributed by atoms with Crippen molar-refractivity contribution >= 4 is 28.4 Å². The maximum Gasteiger partial charge on any atom is 0.262 e. The Kier molecular flexibility index (Phi) is 4.43. The minimum atomic E-state index is -0.591. The number of ether oxygens (including phenoxy) is 1. The van der Waals surface area contributed by atoms with Crippen LogP contribution >= 0.6 is 23.2 Å². The van der Waals surface area contributed by atoms with Crippen LogP contribution in [0, 0.1) is 6.92 Å². The molecule has 0 fully saturated rings. The molecule has 1 rings (SSSR count). The van der Waals surface area contributed by atoms with Crippen molar-refractivity contribution in [2.24, 2.45) is 0 Å². The summed E-state index contributed by atoms with van der Waals surface area (Å²) >= 11 is 11.2. The summed E-state index contributed by atoms with van der Waals surface area (Å²) in [6, 6.07) is 5.24. The van der Waals surface area contributed by atoms with E-state index in [9.17, 15) is 4.79 Å². The van der Waals surface area contributed by atoms with Crippen molar-refractivity contribution in [3.8, 4) is 5.75 Å². The largest absolute Gasteiger partial charge is 0.481 e. The van der Waals surface area contributed by atoms with E-state index in [2.05, 4.69) is 0 Å². The van der Waals surface area contributed by atoms with Gasteiger partial charge in [0.05, 0.1) is 0 Å². The molecule has 4 heteroatoms. The van der Waals surface area contributed by atoms with Crippen LogP contribution in [0.1, 0.15) is 18.9 Å². The Labute approximate surface area is 99.1 Å². The van der Waals surface area contributed by atoms with Gasteiger partial charge in [-0.1, -0.05) is 18.5 Å². The normalized spacial score (nSPS) is 12.3. The lowest BCUT2D eigenvalue weighted by molar-refractivity contribution is -0.117. The lowest BCUT2D eigenvalue weighted by Crippen LogP contribution is -2.22. The quantitative estimate of drug-likeness (QED) is 0.760. The smallest absolute Gasteiger partial charge is 0.262 e. The zero-order valence-corrected chi connectivity index (χ0v) is 10.1. The van der Waals surface area contributed by atoms with Crippen molar-refractivity contribution < 1.29 is 9.53 Å². The van der Waals surface area contributed by atoms with Crippen molar-refractivity contribution in [1.82, 2.24) is 0 Å². The second-order valence-electron chi connectivity index (χ2n) is 3.23. The predicted octanol–water partition coefficient (Wildman–Crippen LogP) is 3.57. The summed E-state index contributed by atoms with van der Waals surface area (Å²) in [5, 5.41) is 0.192. The molecular weight excluding hydrogens is 235 g/mol. The summed E-state index contributed by atoms with van der Waals surface area (Å²) < 4.78 is 5.42. The highest BCUT2D eigenvalue weighted by molar-refractivity contribution is 6.64. The lowest BCUT2D eigenvalue weighted by Gasteiger charge is -2.13. The average Bonchev–Trinajstić information content (AvgIpc) is 2.19. The molecule has 0 heterocycles. The molecule has 0 radical (unpaired) electrons. The average molecular weight is 247 g/mol. The van der Waals surface area contributed by atoms with Gasteiger partial charge in [-0.3, -0.25) is 4.79 Å². The Bertz CT molecular complexity index is 364. The van der Waals surface area contributed by atoms with Crippen LogP contribution in [0.2, 0.25) is 5.02 Å². The standard InChI is InChI=1S/C11H12Cl2O2/c1-3-10(11(13)14)15-8-4-5-9(12)7(2)6-8/h4-6,10H,3H2,1-2H3/t10-/m0/s1. The molecule has 0 unspecified atom stereocenters. The highest BCUT2D eigenvalue weighted by Crippen LogP contribution is 2.22. The van der Waals surface area contributed by atoms with Gasteiger partial charge in [-0.15, -0.1) is 0 Å². The number of hydrogen-bond acceptors (Lipinski definition) is 2. The Morgan fingerprint density at radius 1 is 1.53 bits per heavy atom. The highest BCUT2D eigenvalue weighted by atomic mass is 35.5. The van der Waals surface area contributed by atoms with Crippen LogP contribution in [-0.4, -0.2) is 11.3 Å². The molecule has 2 nitrogen and oxygen atoms in total. The predicted molar refractivity (Wildman–Crippen MR) is 61.8 cm³/mol. The molecule has 0 spiro atoms. The maximum atomic E-state index is 10.9. The van der Waals surface area contributed by atoms with Crippen LogP contribution in [-0.2, 0) is 4.79 Å². The van der Waals surface area contributed by atoms with Gasteiger partial charge in [0, 0.05) is 5.02 Å². The van der Waals surface area contributed by atoms with E-state index in [0.717, 1.165) is 5.56 Å². The molecule has 0 aliphatic heterocycles. The van der Waals surface area contributed by atoms with Crippen LogP contribution in [0.25, 0.3) is 0 Å². The third kappa shape index (κ3) is 3.40. The second kappa shape index (κ2) is 5.38. The van der Waals surface area contributed by atoms with Crippen LogP contribution in [0.15, 0.2) is 18.2 Å². The molecular formula is C11H12Cl2O2. The van der Waals surface area contributed by atoms with E-state index in [1.807, 2.05) is 13.8 Å². The van der Waals surface area contributed by atoms with Gasteiger partial charge in [0.1, 0.15) is 5.75 Å². The molecule has 1 aromatic carbocycles. The molecule has 0 aliphatic carbocycles. The monoisotopic (exact) mass is 246 g/mol. The summed E-state index contributed by atoms with van der Waals surface area (Å²) in [5.41, 5.74) is 0.908. The third-order valence-electron chi connectivity index (χ3n) is 2.03. The Morgan fingerprint density at radius 3 is 2.67 bits per heavy atom. The Hall–Kier alpha value is -0.730. The van der Waals surface area contributed by atoms with Gasteiger partial charge < -0.3 is 4.74 Å². The summed E-state index contributed by atoms with van der Waals surface area (Å²) in [4.78, 5) is 10.9. The van der Waals surface area contributed by atoms with Crippen molar-refractivity contribution in [2.45, 2.75) is 26.4 Å². The van der Waals surface area contributed by atoms with Crippen LogP contribution in [0.4, 0.5) is 0 Å². The molecule has 15 heavy (non-hydrogen) atoms. The molecule has 0 N–H and O–H groups in total. The van der Waals surface area contributed by atoms with E-state index in [-0.39, 0.29) is 0 Å². The second-order valence-corrected chi connectivity index (χ2v) is 4.01. The van der Waals surface area contributed by atoms with Crippen LogP contribution < -0.4 is 4.74 Å². The molecule has 1 aromatic rings. The highest BCUT2D eigenvalue weighted by Gasteiger charge is 2.15. The molecule has 82 valence electrons. The van der Waals surface area contributed by atoms with Gasteiger partial charge in [-0.2, -0.15) is 0 Å². The van der Waals surface area contributed by atoms with E-state index >= 15 is 0 Å². The Balaban J connectivity index is 2.80. The van der Waals surface area contributed by atoms with Gasteiger partial charge in [0.2, 0.25) is 0 Å². The summed E-state index contributed by atoms with van der Waals surface area (Å²) in [6.45, 7) is 3.71. The van der Waals surface area contributed by atoms with E-state index in [4.69, 9.17) is 27.9 Å². The number of aryl methyl sites for hydroxylation is 1. The number of rotatable bonds is 4. The molecule has 0 saturated heterocycles. The van der Waals surface area contributed by atoms with E-state index in [1.165, 1.54) is 0 Å². The lowest BCUT2D eigenvalue weighted by atomic mass is 10.2. The molecule has 0 aliphatic rings. The first-order chi connectivity index (χ1) is 7.04. The van der Waals surface area contributed by atoms with Crippen LogP contribution in [0.3, 0.4) is 0 Å². The van der Waals surface area contributed by atoms with Gasteiger partial charge in [-0.05, 0) is 48.7 Å². The first-order valence-corrected chi connectivity index (χ1v) is 5.42. The van der Waals surface area contributed by atoms with E-state index in [1.54, 1.807) is 18.2 Å². The minimum Gasteiger partial charge on any atom is -0.481 e. The molecule has 1 atom stereocenters. The molecule has 0 bridgehead atoms. The van der Waals surface area contributed by atoms with Crippen LogP contribution in [0.5, 0.6) is 5.75 Å². The van der Waals surface area contributed by atoms with Crippen molar-refractivity contribution in [3.05, 3.63) is 28.8 Å². The van der Waals surface area contributed by atoms with Gasteiger partial charge in [0.25, 0.3) is 5.24 Å². The Morgan fingerprint density at radius 2 is 2.20 bits per heavy atom. The first kappa shape index (κ1) is 12.3. The maximum absolute atomic E-state index is 10.9. The fourth-order valence-electron chi connectivity index (χ4n) is 1.14. The van der Waals surface area contributed by atoms with Crippen molar-refractivity contribution in [1.29, 1.82) is 0 Å². The number of carbonyl (C=O) groups excluding carboxylic acids is 1. The van der Waals surface area contributed by atoms with E-state index in [0.29, 0.717) is 17.2 Å². The number of halogens is 2. The van der Waals surface area contributed by atoms with E-state index < -0.39 is 11.3 Å². The minimum absolute atomic E-state index is 0.481. The third-order valence-corrected chi connectivity index (χ3v) is 2.70. The SMILES string of the molecule is CC[C@H](Oc1ccc(Cl)c(C)c1)C(=O)Cl. The van der Waals surface area contributed by atoms with Crippen molar-refractivity contribution in [3.63, 3.8) is 0 Å². The zero-order valence-electron chi connectivity index (χ0n) is 8.59. The topological polar surface area (TPSA) is 26.3 Å². The summed E-state index contributed by atoms with van der Waals surface area (Å²) in [7, 11) is 0. The fraction of sp³-hybridized carbons (Fsp3) is 0.364. The molecule has 0 aromatic heterocycles. The number of benzene rings is 1. The number of carbonyl (C=O) groups is 1. The number of hydrogen-bond donors (Lipinski definition) is 0. The van der Waals surface area contributed by atoms with Crippen molar-refractivity contribution in [2.75, 3.05) is 0 Å². The fourth-order valence-corrected chi connectivity index (χ4v) is 1.46. The summed E-state index contributed by atoms with van der Waals surface area (Å²) in [6.07, 6.45) is -0.0449. The summed E-state index contributed by atoms with van der Waals surface area (Å²) in [5.74, 6) is 0.609. The first-order valence-electron chi connectivity index (χ1n) is 4.66. The van der Waals surface area contributed by atoms with Gasteiger partial charge in [0.15, 0.2) is 6.10 Å². The zero-order chi connectivity index (χ0) is 11.4. The van der Waals surface area contributed by atoms with Gasteiger partial charge >= 0.3 is 0 Å².